The maximum absolute atomic E-state index is 12.0. The number of benzene rings is 1. The average molecular weight is 291 g/mol. The first-order valence-corrected chi connectivity index (χ1v) is 6.62. The summed E-state index contributed by atoms with van der Waals surface area (Å²) in [5.41, 5.74) is 2.88. The summed E-state index contributed by atoms with van der Waals surface area (Å²) in [6, 6.07) is 9.40. The average Bonchev–Trinajstić information content (AvgIpc) is 2.43. The minimum atomic E-state index is -0.789. The van der Waals surface area contributed by atoms with E-state index in [1.54, 1.807) is 26.2 Å². The topological polar surface area (TPSA) is 66.3 Å². The quantitative estimate of drug-likeness (QED) is 0.514. The van der Waals surface area contributed by atoms with Crippen molar-refractivity contribution in [3.8, 4) is 11.1 Å². The summed E-state index contributed by atoms with van der Waals surface area (Å²) in [6.45, 7) is 1.57. The van der Waals surface area contributed by atoms with E-state index in [1.807, 2.05) is 24.3 Å². The standard InChI is InChI=1S/C14H17N3O2S/c1-9(18)15-13-7-11(8-17(2)14(13)19)10-4-3-5-12(6-10)16-20/h3-9,15-16,18,20H,1-2H3. The van der Waals surface area contributed by atoms with Crippen LogP contribution in [0, 0.1) is 0 Å². The van der Waals surface area contributed by atoms with Gasteiger partial charge in [0, 0.05) is 24.5 Å². The van der Waals surface area contributed by atoms with Crippen molar-refractivity contribution in [1.29, 1.82) is 0 Å². The van der Waals surface area contributed by atoms with Crippen LogP contribution in [0.25, 0.3) is 11.1 Å². The number of nitrogens with zero attached hydrogens (tertiary/aromatic N) is 1. The molecule has 0 aliphatic carbocycles. The van der Waals surface area contributed by atoms with E-state index in [-0.39, 0.29) is 5.56 Å². The van der Waals surface area contributed by atoms with Crippen molar-refractivity contribution in [3.05, 3.63) is 46.9 Å². The Hall–Kier alpha value is -1.92. The van der Waals surface area contributed by atoms with Crippen LogP contribution in [-0.2, 0) is 7.05 Å². The molecule has 2 rings (SSSR count). The molecule has 0 aliphatic heterocycles. The Balaban J connectivity index is 2.51. The third-order valence-corrected chi connectivity index (χ3v) is 3.13. The molecule has 0 radical (unpaired) electrons. The highest BCUT2D eigenvalue weighted by atomic mass is 32.1. The van der Waals surface area contributed by atoms with Crippen LogP contribution in [0.4, 0.5) is 11.4 Å². The van der Waals surface area contributed by atoms with E-state index in [0.717, 1.165) is 16.8 Å². The van der Waals surface area contributed by atoms with Gasteiger partial charge in [-0.25, -0.2) is 0 Å². The van der Waals surface area contributed by atoms with Gasteiger partial charge < -0.3 is 19.7 Å². The fraction of sp³-hybridized carbons (Fsp3) is 0.214. The van der Waals surface area contributed by atoms with E-state index >= 15 is 0 Å². The number of hydrogen-bond donors (Lipinski definition) is 4. The van der Waals surface area contributed by atoms with Crippen molar-refractivity contribution in [2.75, 3.05) is 10.0 Å². The number of aliphatic hydroxyl groups excluding tert-OH is 1. The van der Waals surface area contributed by atoms with Crippen LogP contribution in [0.5, 0.6) is 0 Å². The summed E-state index contributed by atoms with van der Waals surface area (Å²) in [6.07, 6.45) is 0.969. The molecule has 5 nitrogen and oxygen atoms in total. The van der Waals surface area contributed by atoms with E-state index in [4.69, 9.17) is 0 Å². The van der Waals surface area contributed by atoms with Gasteiger partial charge >= 0.3 is 0 Å². The van der Waals surface area contributed by atoms with Crippen LogP contribution < -0.4 is 15.6 Å². The molecule has 1 unspecified atom stereocenters. The molecule has 1 aromatic carbocycles. The molecule has 0 saturated heterocycles. The molecule has 106 valence electrons. The Labute approximate surface area is 122 Å². The molecular weight excluding hydrogens is 274 g/mol. The normalized spacial score (nSPS) is 12.0. The zero-order valence-corrected chi connectivity index (χ0v) is 12.2. The Kier molecular flexibility index (Phi) is 4.36. The second-order valence-corrected chi connectivity index (χ2v) is 4.80. The molecule has 20 heavy (non-hydrogen) atoms. The summed E-state index contributed by atoms with van der Waals surface area (Å²) in [4.78, 5) is 12.0. The number of aromatic nitrogens is 1. The lowest BCUT2D eigenvalue weighted by molar-refractivity contribution is 0.224. The number of anilines is 2. The fourth-order valence-electron chi connectivity index (χ4n) is 1.97. The predicted molar refractivity (Wildman–Crippen MR) is 85.0 cm³/mol. The molecule has 3 N–H and O–H groups in total. The number of pyridine rings is 1. The Morgan fingerprint density at radius 1 is 1.30 bits per heavy atom. The number of rotatable bonds is 4. The SMILES string of the molecule is CC(O)Nc1cc(-c2cccc(NS)c2)cn(C)c1=O. The van der Waals surface area contributed by atoms with Crippen LogP contribution >= 0.6 is 12.8 Å². The second kappa shape index (κ2) is 6.02. The van der Waals surface area contributed by atoms with Gasteiger partial charge in [-0.3, -0.25) is 4.79 Å². The number of nitrogens with one attached hydrogen (secondary N) is 2. The molecule has 0 spiro atoms. The molecule has 0 amide bonds. The summed E-state index contributed by atoms with van der Waals surface area (Å²) in [5.74, 6) is 0. The first-order valence-electron chi connectivity index (χ1n) is 6.17. The lowest BCUT2D eigenvalue weighted by atomic mass is 10.1. The van der Waals surface area contributed by atoms with Crippen molar-refractivity contribution < 1.29 is 5.11 Å². The molecule has 6 heteroatoms. The maximum Gasteiger partial charge on any atom is 0.273 e. The third kappa shape index (κ3) is 3.15. The Morgan fingerprint density at radius 3 is 2.70 bits per heavy atom. The highest BCUT2D eigenvalue weighted by molar-refractivity contribution is 7.81. The monoisotopic (exact) mass is 291 g/mol. The predicted octanol–water partition coefficient (Wildman–Crippen LogP) is 2.06. The number of aliphatic hydroxyl groups is 1. The van der Waals surface area contributed by atoms with Gasteiger partial charge in [-0.1, -0.05) is 24.9 Å². The molecule has 1 heterocycles. The van der Waals surface area contributed by atoms with Gasteiger partial charge in [-0.05, 0) is 30.7 Å². The molecular formula is C14H17N3O2S. The highest BCUT2D eigenvalue weighted by Crippen LogP contribution is 2.24. The summed E-state index contributed by atoms with van der Waals surface area (Å²) in [5, 5.41) is 12.1. The van der Waals surface area contributed by atoms with Crippen LogP contribution in [0.3, 0.4) is 0 Å². The Bertz CT molecular complexity index is 668. The second-order valence-electron chi connectivity index (χ2n) is 4.57. The van der Waals surface area contributed by atoms with E-state index in [0.29, 0.717) is 5.69 Å². The minimum absolute atomic E-state index is 0.182. The van der Waals surface area contributed by atoms with Crippen molar-refractivity contribution in [2.24, 2.45) is 7.05 Å². The van der Waals surface area contributed by atoms with E-state index in [9.17, 15) is 9.90 Å². The van der Waals surface area contributed by atoms with Crippen molar-refractivity contribution in [2.45, 2.75) is 13.2 Å². The fourth-order valence-corrected chi connectivity index (χ4v) is 2.11. The van der Waals surface area contributed by atoms with Crippen molar-refractivity contribution >= 4 is 24.2 Å². The number of hydrogen-bond acceptors (Lipinski definition) is 5. The zero-order chi connectivity index (χ0) is 14.7. The summed E-state index contributed by atoms with van der Waals surface area (Å²) < 4.78 is 4.27. The molecule has 0 aliphatic rings. The van der Waals surface area contributed by atoms with Gasteiger partial charge in [0.2, 0.25) is 0 Å². The van der Waals surface area contributed by atoms with Gasteiger partial charge in [0.1, 0.15) is 11.9 Å². The highest BCUT2D eigenvalue weighted by Gasteiger charge is 2.08. The Morgan fingerprint density at radius 2 is 2.05 bits per heavy atom. The van der Waals surface area contributed by atoms with Gasteiger partial charge in [-0.15, -0.1) is 0 Å². The first-order chi connectivity index (χ1) is 9.51. The first kappa shape index (κ1) is 14.5. The number of aryl methyl sites for hydroxylation is 1. The summed E-state index contributed by atoms with van der Waals surface area (Å²) >= 11 is 4.02. The lowest BCUT2D eigenvalue weighted by Crippen LogP contribution is -2.25. The smallest absolute Gasteiger partial charge is 0.273 e. The van der Waals surface area contributed by atoms with Crippen LogP contribution in [0.2, 0.25) is 0 Å². The molecule has 0 saturated carbocycles. The van der Waals surface area contributed by atoms with Crippen LogP contribution in [0.15, 0.2) is 41.3 Å². The van der Waals surface area contributed by atoms with Crippen molar-refractivity contribution in [1.82, 2.24) is 4.57 Å². The largest absolute Gasteiger partial charge is 0.374 e. The van der Waals surface area contributed by atoms with Crippen LogP contribution in [0.1, 0.15) is 6.92 Å². The molecule has 0 bridgehead atoms. The van der Waals surface area contributed by atoms with E-state index in [2.05, 4.69) is 22.9 Å². The molecule has 0 fully saturated rings. The molecule has 1 aromatic heterocycles. The minimum Gasteiger partial charge on any atom is -0.374 e. The molecule has 2 aromatic rings. The van der Waals surface area contributed by atoms with Gasteiger partial charge in [-0.2, -0.15) is 0 Å². The zero-order valence-electron chi connectivity index (χ0n) is 11.3. The van der Waals surface area contributed by atoms with Crippen LogP contribution in [-0.4, -0.2) is 15.9 Å². The molecule has 1 atom stereocenters. The van der Waals surface area contributed by atoms with Gasteiger partial charge in [0.05, 0.1) is 0 Å². The maximum atomic E-state index is 12.0. The lowest BCUT2D eigenvalue weighted by Gasteiger charge is -2.12. The van der Waals surface area contributed by atoms with E-state index in [1.165, 1.54) is 4.57 Å². The van der Waals surface area contributed by atoms with Gasteiger partial charge in [0.15, 0.2) is 0 Å². The van der Waals surface area contributed by atoms with Gasteiger partial charge in [0.25, 0.3) is 5.56 Å². The van der Waals surface area contributed by atoms with Crippen molar-refractivity contribution in [3.63, 3.8) is 0 Å². The third-order valence-electron chi connectivity index (χ3n) is 2.87. The summed E-state index contributed by atoms with van der Waals surface area (Å²) in [7, 11) is 1.68. The van der Waals surface area contributed by atoms with E-state index < -0.39 is 6.23 Å². The number of thiol groups is 1.